The summed E-state index contributed by atoms with van der Waals surface area (Å²) in [7, 11) is 0. The van der Waals surface area contributed by atoms with E-state index in [0.29, 0.717) is 24.4 Å². The predicted octanol–water partition coefficient (Wildman–Crippen LogP) is 3.17. The quantitative estimate of drug-likeness (QED) is 0.649. The largest absolute Gasteiger partial charge is 0.480 e. The van der Waals surface area contributed by atoms with Crippen LogP contribution in [0.1, 0.15) is 38.4 Å². The summed E-state index contributed by atoms with van der Waals surface area (Å²) in [6, 6.07) is 6.24. The van der Waals surface area contributed by atoms with Gasteiger partial charge in [0.15, 0.2) is 0 Å². The highest BCUT2D eigenvalue weighted by Gasteiger charge is 2.25. The number of hydrogen-bond donors (Lipinski definition) is 2. The minimum Gasteiger partial charge on any atom is -0.480 e. The molecule has 0 bridgehead atoms. The molecule has 2 N–H and O–H groups in total. The summed E-state index contributed by atoms with van der Waals surface area (Å²) in [5, 5.41) is 13.1. The van der Waals surface area contributed by atoms with Crippen LogP contribution < -0.4 is 5.32 Å². The Labute approximate surface area is 164 Å². The van der Waals surface area contributed by atoms with Gasteiger partial charge in [-0.1, -0.05) is 37.6 Å². The zero-order chi connectivity index (χ0) is 20.0. The molecule has 2 atom stereocenters. The van der Waals surface area contributed by atoms with Crippen LogP contribution in [0.15, 0.2) is 36.8 Å². The molecule has 0 spiro atoms. The highest BCUT2D eigenvalue weighted by atomic mass is 35.5. The average molecular weight is 392 g/mol. The molecule has 1 aromatic carbocycles. The maximum Gasteiger partial charge on any atom is 0.320 e. The number of nitrogens with zero attached hydrogens (tertiary/aromatic N) is 2. The van der Waals surface area contributed by atoms with Gasteiger partial charge in [0.25, 0.3) is 0 Å². The number of benzene rings is 1. The summed E-state index contributed by atoms with van der Waals surface area (Å²) in [5.41, 5.74) is 1.83. The third-order valence-electron chi connectivity index (χ3n) is 4.28. The van der Waals surface area contributed by atoms with Gasteiger partial charge >= 0.3 is 5.97 Å². The van der Waals surface area contributed by atoms with Crippen LogP contribution in [0.4, 0.5) is 0 Å². The third kappa shape index (κ3) is 6.81. The Balaban J connectivity index is 2.03. The number of imidazole rings is 1. The lowest BCUT2D eigenvalue weighted by Crippen LogP contribution is -2.48. The number of halogens is 1. The first-order chi connectivity index (χ1) is 12.7. The molecule has 0 fully saturated rings. The number of Topliss-reactive ketones (excluding diaryl/α,β-unsaturated/α-hetero) is 1. The van der Waals surface area contributed by atoms with Crippen molar-refractivity contribution in [3.63, 3.8) is 0 Å². The Morgan fingerprint density at radius 1 is 1.22 bits per heavy atom. The average Bonchev–Trinajstić information content (AvgIpc) is 3.02. The summed E-state index contributed by atoms with van der Waals surface area (Å²) in [4.78, 5) is 27.9. The zero-order valence-electron chi connectivity index (χ0n) is 15.9. The minimum absolute atomic E-state index is 0.0998. The van der Waals surface area contributed by atoms with Crippen molar-refractivity contribution in [1.29, 1.82) is 0 Å². The van der Waals surface area contributed by atoms with Crippen LogP contribution in [0.3, 0.4) is 0 Å². The van der Waals surface area contributed by atoms with E-state index in [1.807, 2.05) is 48.9 Å². The molecular weight excluding hydrogens is 366 g/mol. The first-order valence-corrected chi connectivity index (χ1v) is 9.36. The number of carbonyl (C=O) groups is 2. The number of aliphatic carboxylic acids is 1. The smallest absolute Gasteiger partial charge is 0.320 e. The van der Waals surface area contributed by atoms with Gasteiger partial charge in [0.2, 0.25) is 0 Å². The lowest BCUT2D eigenvalue weighted by Gasteiger charge is -2.22. The van der Waals surface area contributed by atoms with Crippen molar-refractivity contribution < 1.29 is 14.7 Å². The number of nitrogens with one attached hydrogen (secondary N) is 1. The van der Waals surface area contributed by atoms with Crippen molar-refractivity contribution in [2.75, 3.05) is 0 Å². The van der Waals surface area contributed by atoms with Crippen LogP contribution in [-0.2, 0) is 22.6 Å². The van der Waals surface area contributed by atoms with Crippen LogP contribution in [0.2, 0.25) is 5.02 Å². The molecule has 0 saturated heterocycles. The predicted molar refractivity (Wildman–Crippen MR) is 105 cm³/mol. The van der Waals surface area contributed by atoms with Gasteiger partial charge in [-0.05, 0) is 37.0 Å². The van der Waals surface area contributed by atoms with Crippen molar-refractivity contribution in [2.45, 2.75) is 52.2 Å². The molecule has 27 heavy (non-hydrogen) atoms. The van der Waals surface area contributed by atoms with Gasteiger partial charge in [0.05, 0.1) is 18.1 Å². The second kappa shape index (κ2) is 9.67. The molecule has 2 unspecified atom stereocenters. The number of carboxylic acids is 1. The lowest BCUT2D eigenvalue weighted by atomic mass is 10.0. The van der Waals surface area contributed by atoms with Crippen molar-refractivity contribution in [2.24, 2.45) is 5.92 Å². The molecule has 1 heterocycles. The van der Waals surface area contributed by atoms with Crippen LogP contribution in [0, 0.1) is 5.92 Å². The number of carbonyl (C=O) groups excluding carboxylic acids is 1. The summed E-state index contributed by atoms with van der Waals surface area (Å²) in [6.07, 6.45) is 4.41. The van der Waals surface area contributed by atoms with Crippen molar-refractivity contribution in [3.8, 4) is 0 Å². The van der Waals surface area contributed by atoms with Gasteiger partial charge in [-0.15, -0.1) is 0 Å². The number of carboxylic acid groups (broad SMARTS) is 1. The van der Waals surface area contributed by atoms with Crippen molar-refractivity contribution in [3.05, 3.63) is 53.1 Å². The van der Waals surface area contributed by atoms with Crippen LogP contribution >= 0.6 is 11.6 Å². The molecule has 0 aliphatic heterocycles. The SMILES string of the molecule is CC(=O)C(Cc1cn(Cc2ccc(Cl)cc2)cn1)NC(CC(C)C)C(=O)O. The first-order valence-electron chi connectivity index (χ1n) is 8.99. The molecular formula is C20H26ClN3O3. The lowest BCUT2D eigenvalue weighted by molar-refractivity contribution is -0.140. The number of rotatable bonds is 10. The van der Waals surface area contributed by atoms with Crippen molar-refractivity contribution >= 4 is 23.4 Å². The molecule has 0 saturated carbocycles. The fraction of sp³-hybridized carbons (Fsp3) is 0.450. The van der Waals surface area contributed by atoms with Gasteiger partial charge in [0, 0.05) is 24.2 Å². The molecule has 0 amide bonds. The van der Waals surface area contributed by atoms with E-state index < -0.39 is 18.1 Å². The van der Waals surface area contributed by atoms with Crippen LogP contribution in [-0.4, -0.2) is 38.5 Å². The molecule has 0 radical (unpaired) electrons. The van der Waals surface area contributed by atoms with E-state index in [1.54, 1.807) is 6.33 Å². The molecule has 0 aliphatic rings. The Kier molecular flexibility index (Phi) is 7.56. The third-order valence-corrected chi connectivity index (χ3v) is 4.53. The second-order valence-electron chi connectivity index (χ2n) is 7.22. The maximum atomic E-state index is 12.0. The summed E-state index contributed by atoms with van der Waals surface area (Å²) >= 11 is 5.90. The van der Waals surface area contributed by atoms with Gasteiger partial charge < -0.3 is 9.67 Å². The number of hydrogen-bond acceptors (Lipinski definition) is 4. The molecule has 6 nitrogen and oxygen atoms in total. The fourth-order valence-corrected chi connectivity index (χ4v) is 3.01. The maximum absolute atomic E-state index is 12.0. The monoisotopic (exact) mass is 391 g/mol. The molecule has 0 aliphatic carbocycles. The van der Waals surface area contributed by atoms with E-state index in [4.69, 9.17) is 11.6 Å². The molecule has 146 valence electrons. The van der Waals surface area contributed by atoms with Crippen molar-refractivity contribution in [1.82, 2.24) is 14.9 Å². The topological polar surface area (TPSA) is 84.2 Å². The highest BCUT2D eigenvalue weighted by Crippen LogP contribution is 2.12. The molecule has 1 aromatic heterocycles. The standard InChI is InChI=1S/C20H26ClN3O3/c1-13(2)8-19(20(26)27)23-18(14(3)25)9-17-11-24(12-22-17)10-15-4-6-16(21)7-5-15/h4-7,11-13,18-19,23H,8-10H2,1-3H3,(H,26,27). The van der Waals surface area contributed by atoms with Gasteiger partial charge in [-0.2, -0.15) is 0 Å². The van der Waals surface area contributed by atoms with E-state index in [1.165, 1.54) is 6.92 Å². The van der Waals surface area contributed by atoms with Gasteiger partial charge in [-0.3, -0.25) is 14.9 Å². The first kappa shape index (κ1) is 21.1. The second-order valence-corrected chi connectivity index (χ2v) is 7.65. The summed E-state index contributed by atoms with van der Waals surface area (Å²) < 4.78 is 1.93. The van der Waals surface area contributed by atoms with E-state index in [2.05, 4.69) is 10.3 Å². The van der Waals surface area contributed by atoms with Gasteiger partial charge in [0.1, 0.15) is 11.8 Å². The molecule has 7 heteroatoms. The van der Waals surface area contributed by atoms with E-state index in [-0.39, 0.29) is 11.7 Å². The number of ketones is 1. The van der Waals surface area contributed by atoms with E-state index in [9.17, 15) is 14.7 Å². The van der Waals surface area contributed by atoms with E-state index >= 15 is 0 Å². The molecule has 2 aromatic rings. The fourth-order valence-electron chi connectivity index (χ4n) is 2.88. The minimum atomic E-state index is -0.941. The normalized spacial score (nSPS) is 13.5. The number of aromatic nitrogens is 2. The summed E-state index contributed by atoms with van der Waals surface area (Å²) in [5.74, 6) is -0.828. The Morgan fingerprint density at radius 2 is 1.89 bits per heavy atom. The highest BCUT2D eigenvalue weighted by molar-refractivity contribution is 6.30. The Morgan fingerprint density at radius 3 is 2.44 bits per heavy atom. The van der Waals surface area contributed by atoms with Crippen LogP contribution in [0.5, 0.6) is 0 Å². The van der Waals surface area contributed by atoms with Crippen LogP contribution in [0.25, 0.3) is 0 Å². The Hall–Kier alpha value is -2.18. The summed E-state index contributed by atoms with van der Waals surface area (Å²) in [6.45, 7) is 6.03. The Bertz CT molecular complexity index is 771. The van der Waals surface area contributed by atoms with E-state index in [0.717, 1.165) is 11.3 Å². The van der Waals surface area contributed by atoms with Gasteiger partial charge in [-0.25, -0.2) is 4.98 Å². The molecule has 2 rings (SSSR count). The zero-order valence-corrected chi connectivity index (χ0v) is 16.6.